The third kappa shape index (κ3) is 2.95. The summed E-state index contributed by atoms with van der Waals surface area (Å²) >= 11 is 0. The summed E-state index contributed by atoms with van der Waals surface area (Å²) in [7, 11) is 1.80. The number of aromatic nitrogens is 5. The number of allylic oxidation sites excluding steroid dienone is 1. The molecule has 5 rings (SSSR count). The van der Waals surface area contributed by atoms with Crippen molar-refractivity contribution in [3.63, 3.8) is 0 Å². The van der Waals surface area contributed by atoms with Gasteiger partial charge in [-0.05, 0) is 36.8 Å². The fourth-order valence-corrected chi connectivity index (χ4v) is 4.01. The average molecular weight is 409 g/mol. The van der Waals surface area contributed by atoms with Crippen molar-refractivity contribution >= 4 is 0 Å². The minimum Gasteiger partial charge on any atom is -0.422 e. The first-order chi connectivity index (χ1) is 15.1. The summed E-state index contributed by atoms with van der Waals surface area (Å²) in [5.74, 6) is 1.13. The average Bonchev–Trinajstić information content (AvgIpc) is 3.37. The van der Waals surface area contributed by atoms with E-state index in [4.69, 9.17) is 10.5 Å². The molecule has 152 valence electrons. The molecule has 2 N–H and O–H groups in total. The van der Waals surface area contributed by atoms with Crippen molar-refractivity contribution in [3.05, 3.63) is 89.6 Å². The van der Waals surface area contributed by atoms with Gasteiger partial charge < -0.3 is 15.0 Å². The van der Waals surface area contributed by atoms with Gasteiger partial charge in [-0.3, -0.25) is 4.98 Å². The number of imidazole rings is 1. The Kier molecular flexibility index (Phi) is 4.30. The van der Waals surface area contributed by atoms with E-state index in [0.717, 1.165) is 33.9 Å². The molecule has 8 heteroatoms. The quantitative estimate of drug-likeness (QED) is 0.557. The van der Waals surface area contributed by atoms with Gasteiger partial charge in [0.15, 0.2) is 0 Å². The van der Waals surface area contributed by atoms with Gasteiger partial charge in [-0.15, -0.1) is 0 Å². The molecule has 0 amide bonds. The molecule has 0 fully saturated rings. The van der Waals surface area contributed by atoms with E-state index in [-0.39, 0.29) is 5.88 Å². The second kappa shape index (κ2) is 7.15. The van der Waals surface area contributed by atoms with E-state index < -0.39 is 5.92 Å². The Morgan fingerprint density at radius 1 is 1.10 bits per heavy atom. The third-order valence-electron chi connectivity index (χ3n) is 5.48. The van der Waals surface area contributed by atoms with Gasteiger partial charge in [-0.1, -0.05) is 12.1 Å². The maximum atomic E-state index is 9.91. The van der Waals surface area contributed by atoms with Crippen LogP contribution in [0.3, 0.4) is 0 Å². The Balaban J connectivity index is 1.68. The van der Waals surface area contributed by atoms with Crippen molar-refractivity contribution in [2.24, 2.45) is 12.8 Å². The molecule has 4 aromatic rings. The highest BCUT2D eigenvalue weighted by Crippen LogP contribution is 2.46. The second-order valence-corrected chi connectivity index (χ2v) is 7.29. The molecule has 1 unspecified atom stereocenters. The van der Waals surface area contributed by atoms with Gasteiger partial charge in [0, 0.05) is 43.1 Å². The van der Waals surface area contributed by atoms with Gasteiger partial charge in [0.25, 0.3) is 0 Å². The molecule has 0 saturated heterocycles. The number of rotatable bonds is 3. The van der Waals surface area contributed by atoms with Crippen molar-refractivity contribution < 1.29 is 4.74 Å². The predicted molar refractivity (Wildman–Crippen MR) is 114 cm³/mol. The normalized spacial score (nSPS) is 15.3. The molecule has 4 heterocycles. The number of benzene rings is 1. The molecule has 0 bridgehead atoms. The Hall–Kier alpha value is -4.38. The number of hydrogen-bond acceptors (Lipinski definition) is 6. The van der Waals surface area contributed by atoms with Gasteiger partial charge in [0.05, 0.1) is 11.5 Å². The summed E-state index contributed by atoms with van der Waals surface area (Å²) in [6, 6.07) is 14.0. The van der Waals surface area contributed by atoms with Gasteiger partial charge in [0.2, 0.25) is 11.8 Å². The lowest BCUT2D eigenvalue weighted by molar-refractivity contribution is 0.358. The van der Waals surface area contributed by atoms with Gasteiger partial charge in [-0.25, -0.2) is 9.67 Å². The first-order valence-electron chi connectivity index (χ1n) is 9.73. The van der Waals surface area contributed by atoms with Crippen LogP contribution in [0.25, 0.3) is 16.9 Å². The maximum absolute atomic E-state index is 9.91. The zero-order valence-corrected chi connectivity index (χ0v) is 17.0. The summed E-state index contributed by atoms with van der Waals surface area (Å²) in [6.45, 7) is 1.95. The SMILES string of the molecule is Cc1nccn1-c1ccc(C2C(C#N)=C(N)Oc3c2c(-c2ccncc2)nn3C)cc1. The van der Waals surface area contributed by atoms with E-state index in [0.29, 0.717) is 11.5 Å². The molecule has 1 aliphatic heterocycles. The van der Waals surface area contributed by atoms with Crippen LogP contribution in [0.4, 0.5) is 0 Å². The monoisotopic (exact) mass is 409 g/mol. The second-order valence-electron chi connectivity index (χ2n) is 7.29. The highest BCUT2D eigenvalue weighted by Gasteiger charge is 2.36. The van der Waals surface area contributed by atoms with Crippen LogP contribution in [0.15, 0.2) is 72.6 Å². The lowest BCUT2D eigenvalue weighted by atomic mass is 9.83. The summed E-state index contributed by atoms with van der Waals surface area (Å²) in [4.78, 5) is 8.38. The van der Waals surface area contributed by atoms with E-state index in [1.165, 1.54) is 0 Å². The molecular weight excluding hydrogens is 390 g/mol. The van der Waals surface area contributed by atoms with Crippen molar-refractivity contribution in [1.82, 2.24) is 24.3 Å². The van der Waals surface area contributed by atoms with E-state index in [9.17, 15) is 5.26 Å². The number of aryl methyl sites for hydroxylation is 2. The van der Waals surface area contributed by atoms with E-state index in [1.807, 2.05) is 54.1 Å². The van der Waals surface area contributed by atoms with Crippen LogP contribution in [-0.2, 0) is 7.05 Å². The van der Waals surface area contributed by atoms with Crippen molar-refractivity contribution in [1.29, 1.82) is 5.26 Å². The summed E-state index contributed by atoms with van der Waals surface area (Å²) in [5, 5.41) is 14.6. The highest BCUT2D eigenvalue weighted by atomic mass is 16.5. The number of ether oxygens (including phenoxy) is 1. The van der Waals surface area contributed by atoms with Crippen LogP contribution in [0.1, 0.15) is 22.9 Å². The zero-order chi connectivity index (χ0) is 21.5. The molecule has 0 saturated carbocycles. The number of pyridine rings is 1. The first-order valence-corrected chi connectivity index (χ1v) is 9.73. The fourth-order valence-electron chi connectivity index (χ4n) is 4.01. The summed E-state index contributed by atoms with van der Waals surface area (Å²) in [5.41, 5.74) is 10.9. The molecular formula is C23H19N7O. The fraction of sp³-hybridized carbons (Fsp3) is 0.130. The van der Waals surface area contributed by atoms with Gasteiger partial charge in [0.1, 0.15) is 23.2 Å². The molecule has 31 heavy (non-hydrogen) atoms. The Morgan fingerprint density at radius 2 is 1.84 bits per heavy atom. The Morgan fingerprint density at radius 3 is 2.48 bits per heavy atom. The Labute approximate surface area is 178 Å². The topological polar surface area (TPSA) is 108 Å². The van der Waals surface area contributed by atoms with Crippen LogP contribution in [0.2, 0.25) is 0 Å². The molecule has 1 atom stereocenters. The molecule has 3 aromatic heterocycles. The van der Waals surface area contributed by atoms with Crippen LogP contribution in [0, 0.1) is 18.3 Å². The number of hydrogen-bond donors (Lipinski definition) is 1. The zero-order valence-electron chi connectivity index (χ0n) is 17.0. The number of nitriles is 1. The molecule has 0 radical (unpaired) electrons. The van der Waals surface area contributed by atoms with Gasteiger partial charge in [-0.2, -0.15) is 10.4 Å². The van der Waals surface area contributed by atoms with Crippen LogP contribution in [-0.4, -0.2) is 24.3 Å². The molecule has 1 aromatic carbocycles. The maximum Gasteiger partial charge on any atom is 0.224 e. The van der Waals surface area contributed by atoms with E-state index in [1.54, 1.807) is 30.3 Å². The highest BCUT2D eigenvalue weighted by molar-refractivity contribution is 5.71. The Bertz CT molecular complexity index is 1340. The largest absolute Gasteiger partial charge is 0.422 e. The number of nitrogens with zero attached hydrogens (tertiary/aromatic N) is 6. The van der Waals surface area contributed by atoms with Gasteiger partial charge >= 0.3 is 0 Å². The third-order valence-corrected chi connectivity index (χ3v) is 5.48. The van der Waals surface area contributed by atoms with E-state index in [2.05, 4.69) is 21.1 Å². The molecule has 0 aliphatic carbocycles. The smallest absolute Gasteiger partial charge is 0.224 e. The molecule has 1 aliphatic rings. The lowest BCUT2D eigenvalue weighted by Gasteiger charge is -2.25. The minimum absolute atomic E-state index is 0.0961. The van der Waals surface area contributed by atoms with Crippen LogP contribution in [0.5, 0.6) is 5.88 Å². The predicted octanol–water partition coefficient (Wildman–Crippen LogP) is 3.19. The van der Waals surface area contributed by atoms with Crippen molar-refractivity contribution in [2.75, 3.05) is 0 Å². The van der Waals surface area contributed by atoms with Crippen LogP contribution >= 0.6 is 0 Å². The minimum atomic E-state index is -0.399. The molecule has 8 nitrogen and oxygen atoms in total. The summed E-state index contributed by atoms with van der Waals surface area (Å²) in [6.07, 6.45) is 7.11. The summed E-state index contributed by atoms with van der Waals surface area (Å²) < 4.78 is 9.48. The lowest BCUT2D eigenvalue weighted by Crippen LogP contribution is -2.21. The number of nitrogens with two attached hydrogens (primary N) is 1. The molecule has 0 spiro atoms. The first kappa shape index (κ1) is 18.6. The van der Waals surface area contributed by atoms with Crippen molar-refractivity contribution in [2.45, 2.75) is 12.8 Å². The number of fused-ring (bicyclic) bond motifs is 1. The van der Waals surface area contributed by atoms with Crippen molar-refractivity contribution in [3.8, 4) is 28.9 Å². The van der Waals surface area contributed by atoms with E-state index >= 15 is 0 Å². The standard InChI is InChI=1S/C23H19N7O/c1-14-27-11-12-30(14)17-5-3-15(4-6-17)19-18(13-24)22(25)31-23-20(19)21(28-29(23)2)16-7-9-26-10-8-16/h3-12,19H,25H2,1-2H3. The van der Waals surface area contributed by atoms with Crippen LogP contribution < -0.4 is 10.5 Å².